The van der Waals surface area contributed by atoms with Gasteiger partial charge < -0.3 is 11.1 Å². The molecule has 1 rings (SSSR count). The Kier molecular flexibility index (Phi) is 5.67. The predicted octanol–water partition coefficient (Wildman–Crippen LogP) is -0.0635. The average molecular weight is 295 g/mol. The van der Waals surface area contributed by atoms with Crippen LogP contribution in [-0.4, -0.2) is 32.4 Å². The third kappa shape index (κ3) is 5.82. The Hall–Kier alpha value is -1.91. The third-order valence-electron chi connectivity index (χ3n) is 2.66. The van der Waals surface area contributed by atoms with Gasteiger partial charge in [-0.05, 0) is 24.1 Å². The lowest BCUT2D eigenvalue weighted by atomic mass is 10.1. The van der Waals surface area contributed by atoms with Crippen molar-refractivity contribution in [2.75, 3.05) is 12.0 Å². The second-order valence-electron chi connectivity index (χ2n) is 4.56. The fraction of sp³-hybridized carbons (Fsp3) is 0.385. The summed E-state index contributed by atoms with van der Waals surface area (Å²) in [6.45, 7) is 0.251. The van der Waals surface area contributed by atoms with Crippen LogP contribution in [0.5, 0.6) is 0 Å². The Morgan fingerprint density at radius 2 is 2.20 bits per heavy atom. The molecule has 1 amide bonds. The Morgan fingerprint density at radius 3 is 2.80 bits per heavy atom. The first-order valence-corrected chi connectivity index (χ1v) is 8.08. The monoisotopic (exact) mass is 295 g/mol. The van der Waals surface area contributed by atoms with E-state index in [2.05, 4.69) is 5.32 Å². The number of carbonyl (C=O) groups excluding carboxylic acids is 1. The van der Waals surface area contributed by atoms with Crippen molar-refractivity contribution in [3.8, 4) is 6.07 Å². The molecule has 1 unspecified atom stereocenters. The third-order valence-corrected chi connectivity index (χ3v) is 3.64. The first kappa shape index (κ1) is 16.1. The van der Waals surface area contributed by atoms with Gasteiger partial charge in [-0.1, -0.05) is 12.1 Å². The van der Waals surface area contributed by atoms with Gasteiger partial charge in [0, 0.05) is 12.8 Å². The van der Waals surface area contributed by atoms with Crippen LogP contribution in [0, 0.1) is 11.3 Å². The molecule has 20 heavy (non-hydrogen) atoms. The SMILES string of the molecule is CS(=O)(=O)CCC(N)C(=O)NCc1cccc(C#N)c1. The van der Waals surface area contributed by atoms with Crippen LogP contribution in [0.2, 0.25) is 0 Å². The molecule has 0 heterocycles. The van der Waals surface area contributed by atoms with Crippen LogP contribution in [0.15, 0.2) is 24.3 Å². The normalized spacial score (nSPS) is 12.4. The van der Waals surface area contributed by atoms with Crippen LogP contribution in [-0.2, 0) is 21.2 Å². The van der Waals surface area contributed by atoms with Gasteiger partial charge in [-0.25, -0.2) is 8.42 Å². The van der Waals surface area contributed by atoms with Crippen molar-refractivity contribution < 1.29 is 13.2 Å². The minimum absolute atomic E-state index is 0.0862. The zero-order valence-electron chi connectivity index (χ0n) is 11.2. The van der Waals surface area contributed by atoms with Crippen molar-refractivity contribution >= 4 is 15.7 Å². The van der Waals surface area contributed by atoms with E-state index in [9.17, 15) is 13.2 Å². The van der Waals surface area contributed by atoms with Gasteiger partial charge in [-0.15, -0.1) is 0 Å². The Labute approximate surface area is 118 Å². The topological polar surface area (TPSA) is 113 Å². The van der Waals surface area contributed by atoms with Crippen LogP contribution in [0.25, 0.3) is 0 Å². The molecule has 3 N–H and O–H groups in total. The summed E-state index contributed by atoms with van der Waals surface area (Å²) in [5.41, 5.74) is 6.91. The van der Waals surface area contributed by atoms with Gasteiger partial charge >= 0.3 is 0 Å². The molecule has 0 bridgehead atoms. The van der Waals surface area contributed by atoms with E-state index in [1.807, 2.05) is 6.07 Å². The smallest absolute Gasteiger partial charge is 0.237 e. The summed E-state index contributed by atoms with van der Waals surface area (Å²) in [5, 5.41) is 11.4. The number of hydrogen-bond acceptors (Lipinski definition) is 5. The van der Waals surface area contributed by atoms with Gasteiger partial charge in [0.1, 0.15) is 9.84 Å². The van der Waals surface area contributed by atoms with Crippen molar-refractivity contribution in [1.82, 2.24) is 5.32 Å². The number of nitriles is 1. The van der Waals surface area contributed by atoms with Crippen LogP contribution >= 0.6 is 0 Å². The highest BCUT2D eigenvalue weighted by Crippen LogP contribution is 2.04. The first-order chi connectivity index (χ1) is 9.31. The number of benzene rings is 1. The van der Waals surface area contributed by atoms with E-state index in [1.54, 1.807) is 24.3 Å². The van der Waals surface area contributed by atoms with Crippen LogP contribution < -0.4 is 11.1 Å². The van der Waals surface area contributed by atoms with Crippen molar-refractivity contribution in [2.45, 2.75) is 19.0 Å². The molecule has 0 aliphatic rings. The van der Waals surface area contributed by atoms with Gasteiger partial charge in [-0.3, -0.25) is 4.79 Å². The van der Waals surface area contributed by atoms with Crippen molar-refractivity contribution in [3.05, 3.63) is 35.4 Å². The lowest BCUT2D eigenvalue weighted by molar-refractivity contribution is -0.122. The Balaban J connectivity index is 2.48. The van der Waals surface area contributed by atoms with Gasteiger partial charge in [0.25, 0.3) is 0 Å². The molecule has 0 fully saturated rings. The highest BCUT2D eigenvalue weighted by molar-refractivity contribution is 7.90. The minimum atomic E-state index is -3.12. The van der Waals surface area contributed by atoms with E-state index in [0.29, 0.717) is 5.56 Å². The minimum Gasteiger partial charge on any atom is -0.351 e. The van der Waals surface area contributed by atoms with E-state index in [1.165, 1.54) is 0 Å². The van der Waals surface area contributed by atoms with Crippen LogP contribution in [0.1, 0.15) is 17.5 Å². The van der Waals surface area contributed by atoms with Crippen molar-refractivity contribution in [3.63, 3.8) is 0 Å². The number of rotatable bonds is 6. The molecule has 0 saturated heterocycles. The summed E-state index contributed by atoms with van der Waals surface area (Å²) < 4.78 is 22.0. The molecule has 1 aromatic carbocycles. The number of amides is 1. The number of nitrogens with zero attached hydrogens (tertiary/aromatic N) is 1. The lowest BCUT2D eigenvalue weighted by Gasteiger charge is -2.11. The summed E-state index contributed by atoms with van der Waals surface area (Å²) in [6.07, 6.45) is 1.19. The number of hydrogen-bond donors (Lipinski definition) is 2. The molecule has 7 heteroatoms. The highest BCUT2D eigenvalue weighted by atomic mass is 32.2. The predicted molar refractivity (Wildman–Crippen MR) is 75.3 cm³/mol. The number of carbonyl (C=O) groups is 1. The zero-order chi connectivity index (χ0) is 15.2. The fourth-order valence-corrected chi connectivity index (χ4v) is 2.23. The number of sulfone groups is 1. The van der Waals surface area contributed by atoms with Crippen LogP contribution in [0.4, 0.5) is 0 Å². The molecule has 108 valence electrons. The van der Waals surface area contributed by atoms with Gasteiger partial charge in [0.05, 0.1) is 23.4 Å². The maximum absolute atomic E-state index is 11.7. The molecule has 1 atom stereocenters. The molecule has 0 spiro atoms. The quantitative estimate of drug-likeness (QED) is 0.763. The average Bonchev–Trinajstić information content (AvgIpc) is 2.41. The summed E-state index contributed by atoms with van der Waals surface area (Å²) in [7, 11) is -3.12. The number of nitrogens with two attached hydrogens (primary N) is 1. The van der Waals surface area contributed by atoms with Gasteiger partial charge in [0.15, 0.2) is 0 Å². The maximum atomic E-state index is 11.7. The summed E-state index contributed by atoms with van der Waals surface area (Å²) in [6, 6.07) is 8.00. The van der Waals surface area contributed by atoms with Crippen LogP contribution in [0.3, 0.4) is 0 Å². The van der Waals surface area contributed by atoms with E-state index >= 15 is 0 Å². The zero-order valence-corrected chi connectivity index (χ0v) is 12.0. The first-order valence-electron chi connectivity index (χ1n) is 6.02. The molecular formula is C13H17N3O3S. The second kappa shape index (κ2) is 7.03. The molecule has 6 nitrogen and oxygen atoms in total. The maximum Gasteiger partial charge on any atom is 0.237 e. The molecule has 0 aliphatic heterocycles. The largest absolute Gasteiger partial charge is 0.351 e. The Bertz CT molecular complexity index is 620. The lowest BCUT2D eigenvalue weighted by Crippen LogP contribution is -2.41. The molecule has 1 aromatic rings. The fourth-order valence-electron chi connectivity index (χ4n) is 1.54. The molecule has 0 radical (unpaired) electrons. The van der Waals surface area contributed by atoms with E-state index in [4.69, 9.17) is 11.0 Å². The summed E-state index contributed by atoms with van der Waals surface area (Å²) in [4.78, 5) is 11.7. The summed E-state index contributed by atoms with van der Waals surface area (Å²) in [5.74, 6) is -0.526. The van der Waals surface area contributed by atoms with Gasteiger partial charge in [0.2, 0.25) is 5.91 Å². The van der Waals surface area contributed by atoms with E-state index < -0.39 is 21.8 Å². The van der Waals surface area contributed by atoms with E-state index in [0.717, 1.165) is 11.8 Å². The molecule has 0 aromatic heterocycles. The Morgan fingerprint density at radius 1 is 1.50 bits per heavy atom. The molecule has 0 aliphatic carbocycles. The van der Waals surface area contributed by atoms with Crippen molar-refractivity contribution in [2.24, 2.45) is 5.73 Å². The number of nitrogens with one attached hydrogen (secondary N) is 1. The highest BCUT2D eigenvalue weighted by Gasteiger charge is 2.15. The van der Waals surface area contributed by atoms with Crippen molar-refractivity contribution in [1.29, 1.82) is 5.26 Å². The standard InChI is InChI=1S/C13H17N3O3S/c1-20(18,19)6-5-12(15)13(17)16-9-11-4-2-3-10(7-11)8-14/h2-4,7,12H,5-6,9,15H2,1H3,(H,16,17). The molecular weight excluding hydrogens is 278 g/mol. The van der Waals surface area contributed by atoms with Gasteiger partial charge in [-0.2, -0.15) is 5.26 Å². The summed E-state index contributed by atoms with van der Waals surface area (Å²) >= 11 is 0. The molecule has 0 saturated carbocycles. The van der Waals surface area contributed by atoms with E-state index in [-0.39, 0.29) is 18.7 Å². The second-order valence-corrected chi connectivity index (χ2v) is 6.81.